The van der Waals surface area contributed by atoms with Crippen molar-refractivity contribution in [3.8, 4) is 0 Å². The van der Waals surface area contributed by atoms with Crippen LogP contribution in [0, 0.1) is 17.8 Å². The van der Waals surface area contributed by atoms with Crippen LogP contribution in [0.2, 0.25) is 0 Å². The van der Waals surface area contributed by atoms with Crippen molar-refractivity contribution in [2.24, 2.45) is 17.8 Å². The van der Waals surface area contributed by atoms with E-state index in [4.69, 9.17) is 4.74 Å². The largest absolute Gasteiger partial charge is 0.370 e. The lowest BCUT2D eigenvalue weighted by Crippen LogP contribution is -2.23. The monoisotopic (exact) mass is 168 g/mol. The summed E-state index contributed by atoms with van der Waals surface area (Å²) in [4.78, 5) is 0. The molecule has 0 radical (unpaired) electrons. The summed E-state index contributed by atoms with van der Waals surface area (Å²) < 4.78 is 5.54. The Balaban J connectivity index is 1.87. The van der Waals surface area contributed by atoms with Gasteiger partial charge in [0.2, 0.25) is 0 Å². The fourth-order valence-electron chi connectivity index (χ4n) is 2.46. The van der Waals surface area contributed by atoms with E-state index in [0.29, 0.717) is 12.2 Å². The van der Waals surface area contributed by atoms with Gasteiger partial charge in [-0.3, -0.25) is 0 Å². The molecule has 0 bridgehead atoms. The van der Waals surface area contributed by atoms with Gasteiger partial charge >= 0.3 is 0 Å². The summed E-state index contributed by atoms with van der Waals surface area (Å²) in [5.41, 5.74) is 0. The van der Waals surface area contributed by atoms with Gasteiger partial charge in [0.05, 0.1) is 12.2 Å². The molecule has 2 aliphatic rings. The highest BCUT2D eigenvalue weighted by Crippen LogP contribution is 2.43. The Hall–Kier alpha value is -0.0400. The summed E-state index contributed by atoms with van der Waals surface area (Å²) in [6, 6.07) is 0. The number of ether oxygens (including phenoxy) is 1. The molecule has 0 aromatic heterocycles. The lowest BCUT2D eigenvalue weighted by molar-refractivity contribution is 0.225. The molecule has 2 rings (SSSR count). The standard InChI is InChI=1S/C11H20O/c1-7(2)8(3)9-4-5-10-11(6-9)12-10/h7-11H,4-6H2,1-3H3. The molecule has 1 aliphatic carbocycles. The Morgan fingerprint density at radius 1 is 1.08 bits per heavy atom. The molecule has 1 saturated carbocycles. The average molecular weight is 168 g/mol. The highest BCUT2D eigenvalue weighted by Gasteiger charge is 2.45. The maximum atomic E-state index is 5.54. The summed E-state index contributed by atoms with van der Waals surface area (Å²) >= 11 is 0. The van der Waals surface area contributed by atoms with Crippen LogP contribution in [0.4, 0.5) is 0 Å². The lowest BCUT2D eigenvalue weighted by Gasteiger charge is -2.28. The maximum absolute atomic E-state index is 5.54. The number of rotatable bonds is 2. The third-order valence-corrected chi connectivity index (χ3v) is 3.84. The van der Waals surface area contributed by atoms with Crippen molar-refractivity contribution >= 4 is 0 Å². The first-order chi connectivity index (χ1) is 5.68. The van der Waals surface area contributed by atoms with Gasteiger partial charge < -0.3 is 4.74 Å². The molecular weight excluding hydrogens is 148 g/mol. The van der Waals surface area contributed by atoms with Crippen LogP contribution in [-0.2, 0) is 4.74 Å². The van der Waals surface area contributed by atoms with E-state index in [1.165, 1.54) is 19.3 Å². The predicted molar refractivity (Wildman–Crippen MR) is 50.0 cm³/mol. The molecule has 12 heavy (non-hydrogen) atoms. The Labute approximate surface area is 75.5 Å². The number of fused-ring (bicyclic) bond motifs is 1. The first-order valence-corrected chi connectivity index (χ1v) is 5.34. The molecule has 1 nitrogen and oxygen atoms in total. The summed E-state index contributed by atoms with van der Waals surface area (Å²) in [6.45, 7) is 7.08. The number of epoxide rings is 1. The van der Waals surface area contributed by atoms with Gasteiger partial charge in [0, 0.05) is 0 Å². The minimum absolute atomic E-state index is 0.657. The van der Waals surface area contributed by atoms with Gasteiger partial charge in [-0.25, -0.2) is 0 Å². The average Bonchev–Trinajstić information content (AvgIpc) is 2.79. The van der Waals surface area contributed by atoms with E-state index in [-0.39, 0.29) is 0 Å². The SMILES string of the molecule is CC(C)C(C)C1CCC2OC2C1. The molecule has 0 amide bonds. The second kappa shape index (κ2) is 3.02. The smallest absolute Gasteiger partial charge is 0.0844 e. The van der Waals surface area contributed by atoms with Crippen LogP contribution in [0.1, 0.15) is 40.0 Å². The maximum Gasteiger partial charge on any atom is 0.0844 e. The minimum atomic E-state index is 0.657. The van der Waals surface area contributed by atoms with E-state index in [9.17, 15) is 0 Å². The highest BCUT2D eigenvalue weighted by molar-refractivity contribution is 4.93. The third-order valence-electron chi connectivity index (χ3n) is 3.84. The van der Waals surface area contributed by atoms with E-state index in [1.54, 1.807) is 0 Å². The van der Waals surface area contributed by atoms with Gasteiger partial charge in [0.25, 0.3) is 0 Å². The molecule has 1 aliphatic heterocycles. The second-order valence-corrected chi connectivity index (χ2v) is 4.89. The van der Waals surface area contributed by atoms with E-state index in [2.05, 4.69) is 20.8 Å². The molecule has 4 atom stereocenters. The molecule has 0 aromatic carbocycles. The lowest BCUT2D eigenvalue weighted by atomic mass is 9.76. The molecule has 0 N–H and O–H groups in total. The van der Waals surface area contributed by atoms with E-state index in [0.717, 1.165) is 17.8 Å². The summed E-state index contributed by atoms with van der Waals surface area (Å²) in [5.74, 6) is 2.66. The van der Waals surface area contributed by atoms with Crippen LogP contribution in [-0.4, -0.2) is 12.2 Å². The van der Waals surface area contributed by atoms with Crippen LogP contribution in [0.15, 0.2) is 0 Å². The number of hydrogen-bond donors (Lipinski definition) is 0. The molecular formula is C11H20O. The molecule has 1 saturated heterocycles. The molecule has 70 valence electrons. The normalized spacial score (nSPS) is 42.5. The summed E-state index contributed by atoms with van der Waals surface area (Å²) in [7, 11) is 0. The number of hydrogen-bond acceptors (Lipinski definition) is 1. The zero-order valence-corrected chi connectivity index (χ0v) is 8.42. The molecule has 2 fully saturated rings. The molecule has 0 spiro atoms. The van der Waals surface area contributed by atoms with Gasteiger partial charge in [-0.05, 0) is 37.0 Å². The molecule has 0 aromatic rings. The van der Waals surface area contributed by atoms with Crippen molar-refractivity contribution in [1.82, 2.24) is 0 Å². The van der Waals surface area contributed by atoms with Crippen LogP contribution in [0.25, 0.3) is 0 Å². The van der Waals surface area contributed by atoms with Gasteiger partial charge in [-0.1, -0.05) is 20.8 Å². The van der Waals surface area contributed by atoms with E-state index < -0.39 is 0 Å². The first kappa shape index (κ1) is 8.55. The van der Waals surface area contributed by atoms with Crippen molar-refractivity contribution in [2.45, 2.75) is 52.2 Å². The van der Waals surface area contributed by atoms with Gasteiger partial charge in [-0.2, -0.15) is 0 Å². The van der Waals surface area contributed by atoms with Crippen LogP contribution in [0.3, 0.4) is 0 Å². The molecule has 1 heteroatoms. The highest BCUT2D eigenvalue weighted by atomic mass is 16.6. The van der Waals surface area contributed by atoms with Crippen molar-refractivity contribution in [1.29, 1.82) is 0 Å². The van der Waals surface area contributed by atoms with Crippen molar-refractivity contribution in [3.05, 3.63) is 0 Å². The van der Waals surface area contributed by atoms with Gasteiger partial charge in [0.1, 0.15) is 0 Å². The van der Waals surface area contributed by atoms with Crippen molar-refractivity contribution in [3.63, 3.8) is 0 Å². The Bertz CT molecular complexity index is 164. The van der Waals surface area contributed by atoms with E-state index in [1.807, 2.05) is 0 Å². The Morgan fingerprint density at radius 2 is 1.83 bits per heavy atom. The van der Waals surface area contributed by atoms with Crippen molar-refractivity contribution < 1.29 is 4.74 Å². The third kappa shape index (κ3) is 1.52. The summed E-state index contributed by atoms with van der Waals surface area (Å²) in [5, 5.41) is 0. The van der Waals surface area contributed by atoms with Crippen LogP contribution >= 0.6 is 0 Å². The minimum Gasteiger partial charge on any atom is -0.370 e. The fourth-order valence-corrected chi connectivity index (χ4v) is 2.46. The second-order valence-electron chi connectivity index (χ2n) is 4.89. The van der Waals surface area contributed by atoms with Crippen molar-refractivity contribution in [2.75, 3.05) is 0 Å². The topological polar surface area (TPSA) is 12.5 Å². The molecule has 4 unspecified atom stereocenters. The van der Waals surface area contributed by atoms with E-state index >= 15 is 0 Å². The first-order valence-electron chi connectivity index (χ1n) is 5.34. The zero-order chi connectivity index (χ0) is 8.72. The predicted octanol–water partition coefficient (Wildman–Crippen LogP) is 2.85. The van der Waals surface area contributed by atoms with Crippen LogP contribution < -0.4 is 0 Å². The quantitative estimate of drug-likeness (QED) is 0.578. The summed E-state index contributed by atoms with van der Waals surface area (Å²) in [6.07, 6.45) is 5.39. The molecule has 1 heterocycles. The Kier molecular flexibility index (Phi) is 2.16. The fraction of sp³-hybridized carbons (Fsp3) is 1.00. The van der Waals surface area contributed by atoms with Gasteiger partial charge in [-0.15, -0.1) is 0 Å². The van der Waals surface area contributed by atoms with Crippen LogP contribution in [0.5, 0.6) is 0 Å². The zero-order valence-electron chi connectivity index (χ0n) is 8.42. The Morgan fingerprint density at radius 3 is 2.42 bits per heavy atom. The van der Waals surface area contributed by atoms with Gasteiger partial charge in [0.15, 0.2) is 0 Å².